The lowest BCUT2D eigenvalue weighted by Crippen LogP contribution is -2.13. The molecule has 0 saturated heterocycles. The molecule has 0 heterocycles. The van der Waals surface area contributed by atoms with Crippen LogP contribution in [0.2, 0.25) is 5.02 Å². The molecule has 0 aromatic heterocycles. The summed E-state index contributed by atoms with van der Waals surface area (Å²) < 4.78 is 50.6. The summed E-state index contributed by atoms with van der Waals surface area (Å²) in [5, 5.41) is 2.47. The monoisotopic (exact) mass is 317 g/mol. The zero-order valence-corrected chi connectivity index (χ0v) is 11.1. The van der Waals surface area contributed by atoms with E-state index >= 15 is 0 Å². The Kier molecular flexibility index (Phi) is 4.18. The number of rotatable bonds is 2. The van der Waals surface area contributed by atoms with E-state index in [0.29, 0.717) is 0 Å². The summed E-state index contributed by atoms with van der Waals surface area (Å²) >= 11 is 5.67. The summed E-state index contributed by atoms with van der Waals surface area (Å²) in [5.41, 5.74) is -1.04. The molecule has 0 unspecified atom stereocenters. The molecule has 2 aromatic carbocycles. The summed E-state index contributed by atoms with van der Waals surface area (Å²) in [4.78, 5) is 11.8. The van der Waals surface area contributed by atoms with E-state index in [4.69, 9.17) is 11.6 Å². The van der Waals surface area contributed by atoms with Gasteiger partial charge in [0.1, 0.15) is 5.82 Å². The van der Waals surface area contributed by atoms with E-state index in [1.807, 2.05) is 0 Å². The van der Waals surface area contributed by atoms with Crippen LogP contribution in [-0.2, 0) is 6.18 Å². The van der Waals surface area contributed by atoms with Crippen molar-refractivity contribution in [3.8, 4) is 0 Å². The van der Waals surface area contributed by atoms with Gasteiger partial charge in [-0.1, -0.05) is 11.6 Å². The Bertz CT molecular complexity index is 668. The first-order valence-electron chi connectivity index (χ1n) is 5.71. The minimum absolute atomic E-state index is 0.0256. The highest BCUT2D eigenvalue weighted by Crippen LogP contribution is 2.29. The number of alkyl halides is 3. The number of nitrogens with one attached hydrogen (secondary N) is 1. The maximum Gasteiger partial charge on any atom is 0.416 e. The molecule has 0 aliphatic heterocycles. The van der Waals surface area contributed by atoms with Crippen molar-refractivity contribution in [2.45, 2.75) is 6.18 Å². The minimum Gasteiger partial charge on any atom is -0.319 e. The second kappa shape index (κ2) is 5.73. The molecular weight excluding hydrogens is 310 g/mol. The number of amides is 1. The molecule has 1 N–H and O–H groups in total. The fourth-order valence-corrected chi connectivity index (χ4v) is 1.77. The van der Waals surface area contributed by atoms with Crippen LogP contribution in [-0.4, -0.2) is 5.91 Å². The van der Waals surface area contributed by atoms with Gasteiger partial charge < -0.3 is 5.32 Å². The van der Waals surface area contributed by atoms with Crippen LogP contribution >= 0.6 is 11.6 Å². The van der Waals surface area contributed by atoms with Gasteiger partial charge in [0, 0.05) is 10.6 Å². The summed E-state index contributed by atoms with van der Waals surface area (Å²) in [6.45, 7) is 0. The molecule has 0 aliphatic rings. The minimum atomic E-state index is -4.48. The Morgan fingerprint density at radius 2 is 1.67 bits per heavy atom. The number of halogens is 5. The van der Waals surface area contributed by atoms with Crippen molar-refractivity contribution in [1.29, 1.82) is 0 Å². The summed E-state index contributed by atoms with van der Waals surface area (Å²) in [7, 11) is 0. The van der Waals surface area contributed by atoms with Crippen molar-refractivity contribution < 1.29 is 22.4 Å². The Balaban J connectivity index is 2.19. The van der Waals surface area contributed by atoms with E-state index in [1.54, 1.807) is 0 Å². The van der Waals surface area contributed by atoms with Crippen molar-refractivity contribution in [3.05, 3.63) is 64.4 Å². The van der Waals surface area contributed by atoms with Crippen molar-refractivity contribution >= 4 is 23.2 Å². The molecule has 7 heteroatoms. The molecule has 0 saturated carbocycles. The smallest absolute Gasteiger partial charge is 0.319 e. The van der Waals surface area contributed by atoms with Gasteiger partial charge in [-0.05, 0) is 42.5 Å². The van der Waals surface area contributed by atoms with E-state index in [0.717, 1.165) is 30.3 Å². The quantitative estimate of drug-likeness (QED) is 0.796. The summed E-state index contributed by atoms with van der Waals surface area (Å²) in [5.74, 6) is -1.43. The highest BCUT2D eigenvalue weighted by atomic mass is 35.5. The molecule has 2 rings (SSSR count). The molecule has 2 aromatic rings. The van der Waals surface area contributed by atoms with Gasteiger partial charge in [0.05, 0.1) is 11.3 Å². The molecular formula is C14H8ClF4NO. The third-order valence-electron chi connectivity index (χ3n) is 2.65. The number of benzene rings is 2. The first-order valence-corrected chi connectivity index (χ1v) is 6.09. The molecule has 0 spiro atoms. The topological polar surface area (TPSA) is 29.1 Å². The average molecular weight is 318 g/mol. The highest BCUT2D eigenvalue weighted by Gasteiger charge is 2.30. The maximum absolute atomic E-state index is 13.4. The van der Waals surface area contributed by atoms with Gasteiger partial charge in [-0.15, -0.1) is 0 Å². The largest absolute Gasteiger partial charge is 0.416 e. The predicted octanol–water partition coefficient (Wildman–Crippen LogP) is 4.75. The Labute approximate surface area is 122 Å². The molecule has 0 aliphatic carbocycles. The van der Waals surface area contributed by atoms with Crippen LogP contribution in [0.4, 0.5) is 23.2 Å². The van der Waals surface area contributed by atoms with Crippen molar-refractivity contribution in [3.63, 3.8) is 0 Å². The standard InChI is InChI=1S/C14H8ClF4NO/c15-10-5-6-11(16)12(7-10)20-13(21)8-1-3-9(4-2-8)14(17,18)19/h1-7H,(H,20,21). The lowest BCUT2D eigenvalue weighted by atomic mass is 10.1. The SMILES string of the molecule is O=C(Nc1cc(Cl)ccc1F)c1ccc(C(F)(F)F)cc1. The van der Waals surface area contributed by atoms with Crippen molar-refractivity contribution in [1.82, 2.24) is 0 Å². The van der Waals surface area contributed by atoms with Gasteiger partial charge >= 0.3 is 6.18 Å². The Morgan fingerprint density at radius 3 is 2.24 bits per heavy atom. The zero-order valence-electron chi connectivity index (χ0n) is 10.3. The summed E-state index contributed by atoms with van der Waals surface area (Å²) in [6.07, 6.45) is -4.48. The Hall–Kier alpha value is -2.08. The van der Waals surface area contributed by atoms with E-state index in [9.17, 15) is 22.4 Å². The number of carbonyl (C=O) groups excluding carboxylic acids is 1. The third kappa shape index (κ3) is 3.72. The van der Waals surface area contributed by atoms with Crippen LogP contribution in [0.5, 0.6) is 0 Å². The normalized spacial score (nSPS) is 11.3. The molecule has 0 radical (unpaired) electrons. The van der Waals surface area contributed by atoms with Crippen LogP contribution in [0.3, 0.4) is 0 Å². The zero-order chi connectivity index (χ0) is 15.6. The van der Waals surface area contributed by atoms with E-state index in [-0.39, 0.29) is 16.3 Å². The summed E-state index contributed by atoms with van der Waals surface area (Å²) in [6, 6.07) is 7.18. The van der Waals surface area contributed by atoms with Gasteiger partial charge in [-0.25, -0.2) is 4.39 Å². The van der Waals surface area contributed by atoms with E-state index < -0.39 is 23.5 Å². The lowest BCUT2D eigenvalue weighted by Gasteiger charge is -2.09. The molecule has 21 heavy (non-hydrogen) atoms. The van der Waals surface area contributed by atoms with Gasteiger partial charge in [0.25, 0.3) is 5.91 Å². The number of hydrogen-bond acceptors (Lipinski definition) is 1. The first-order chi connectivity index (χ1) is 9.77. The fraction of sp³-hybridized carbons (Fsp3) is 0.0714. The highest BCUT2D eigenvalue weighted by molar-refractivity contribution is 6.31. The molecule has 0 bridgehead atoms. The first kappa shape index (κ1) is 15.3. The van der Waals surface area contributed by atoms with E-state index in [1.165, 1.54) is 12.1 Å². The van der Waals surface area contributed by atoms with Gasteiger partial charge in [0.2, 0.25) is 0 Å². The molecule has 1 amide bonds. The third-order valence-corrected chi connectivity index (χ3v) is 2.89. The Morgan fingerprint density at radius 1 is 1.05 bits per heavy atom. The molecule has 0 fully saturated rings. The van der Waals surface area contributed by atoms with Crippen molar-refractivity contribution in [2.75, 3.05) is 5.32 Å². The maximum atomic E-state index is 13.4. The van der Waals surface area contributed by atoms with Crippen LogP contribution in [0.15, 0.2) is 42.5 Å². The van der Waals surface area contributed by atoms with Crippen LogP contribution in [0.1, 0.15) is 15.9 Å². The van der Waals surface area contributed by atoms with E-state index in [2.05, 4.69) is 5.32 Å². The lowest BCUT2D eigenvalue weighted by molar-refractivity contribution is -0.137. The fourth-order valence-electron chi connectivity index (χ4n) is 1.60. The van der Waals surface area contributed by atoms with Crippen LogP contribution in [0, 0.1) is 5.82 Å². The van der Waals surface area contributed by atoms with Gasteiger partial charge in [-0.2, -0.15) is 13.2 Å². The predicted molar refractivity (Wildman–Crippen MR) is 70.8 cm³/mol. The number of hydrogen-bond donors (Lipinski definition) is 1. The van der Waals surface area contributed by atoms with Gasteiger partial charge in [-0.3, -0.25) is 4.79 Å². The van der Waals surface area contributed by atoms with Crippen LogP contribution < -0.4 is 5.32 Å². The van der Waals surface area contributed by atoms with Crippen LogP contribution in [0.25, 0.3) is 0 Å². The number of anilines is 1. The molecule has 0 atom stereocenters. The number of carbonyl (C=O) groups is 1. The average Bonchev–Trinajstić information content (AvgIpc) is 2.42. The van der Waals surface area contributed by atoms with Gasteiger partial charge in [0.15, 0.2) is 0 Å². The second-order valence-corrected chi connectivity index (χ2v) is 4.59. The second-order valence-electron chi connectivity index (χ2n) is 4.15. The van der Waals surface area contributed by atoms with Crippen molar-refractivity contribution in [2.24, 2.45) is 0 Å². The molecule has 2 nitrogen and oxygen atoms in total. The molecule has 110 valence electrons.